The van der Waals surface area contributed by atoms with E-state index in [1.165, 1.54) is 103 Å². The molecule has 0 aliphatic heterocycles. The SMILES string of the molecule is CCCCCCCCCCCCCC(CCCCCCC)CC(S)OC(CC)OC(O)([PH+]=O)C(=O)OCC. The van der Waals surface area contributed by atoms with Crippen LogP contribution in [0.1, 0.15) is 156 Å². The van der Waals surface area contributed by atoms with Gasteiger partial charge < -0.3 is 14.6 Å². The van der Waals surface area contributed by atoms with Crippen LogP contribution in [0.4, 0.5) is 0 Å². The molecule has 0 aliphatic rings. The fourth-order valence-corrected chi connectivity index (χ4v) is 5.54. The molecule has 0 aromatic carbocycles. The molecule has 5 unspecified atom stereocenters. The second-order valence-corrected chi connectivity index (χ2v) is 12.1. The minimum absolute atomic E-state index is 0.0564. The van der Waals surface area contributed by atoms with Gasteiger partial charge in [-0.25, -0.2) is 4.79 Å². The van der Waals surface area contributed by atoms with Gasteiger partial charge in [0.05, 0.1) is 6.61 Å². The van der Waals surface area contributed by atoms with Crippen molar-refractivity contribution in [3.05, 3.63) is 0 Å². The molecule has 0 rings (SSSR count). The highest BCUT2D eigenvalue weighted by Gasteiger charge is 2.51. The van der Waals surface area contributed by atoms with Crippen molar-refractivity contribution in [2.45, 2.75) is 173 Å². The third-order valence-electron chi connectivity index (χ3n) is 7.10. The van der Waals surface area contributed by atoms with Gasteiger partial charge in [-0.1, -0.05) is 141 Å². The molecule has 0 saturated carbocycles. The normalized spacial score (nSPS) is 15.7. The summed E-state index contributed by atoms with van der Waals surface area (Å²) < 4.78 is 27.7. The van der Waals surface area contributed by atoms with Crippen LogP contribution in [0.2, 0.25) is 0 Å². The average Bonchev–Trinajstić information content (AvgIpc) is 2.90. The van der Waals surface area contributed by atoms with Gasteiger partial charge in [0.25, 0.3) is 0 Å². The van der Waals surface area contributed by atoms with E-state index in [-0.39, 0.29) is 6.61 Å². The maximum absolute atomic E-state index is 12.0. The minimum atomic E-state index is -2.52. The van der Waals surface area contributed by atoms with Gasteiger partial charge in [0.2, 0.25) is 0 Å². The Morgan fingerprint density at radius 2 is 1.24 bits per heavy atom. The molecule has 38 heavy (non-hydrogen) atoms. The van der Waals surface area contributed by atoms with E-state index in [0.717, 1.165) is 19.3 Å². The quantitative estimate of drug-likeness (QED) is 0.0316. The zero-order chi connectivity index (χ0) is 28.5. The lowest BCUT2D eigenvalue weighted by Crippen LogP contribution is -2.42. The molecule has 226 valence electrons. The fraction of sp³-hybridized carbons (Fsp3) is 0.967. The summed E-state index contributed by atoms with van der Waals surface area (Å²) in [5, 5.41) is 10.4. The van der Waals surface area contributed by atoms with Crippen LogP contribution in [0.25, 0.3) is 0 Å². The molecule has 8 heteroatoms. The number of hydrogen-bond donors (Lipinski definition) is 2. The monoisotopic (exact) mass is 579 g/mol. The number of ether oxygens (including phenoxy) is 3. The Bertz CT molecular complexity index is 567. The number of carbonyl (C=O) groups excluding carboxylic acids is 1. The highest BCUT2D eigenvalue weighted by Crippen LogP contribution is 2.30. The number of thiol groups is 1. The summed E-state index contributed by atoms with van der Waals surface area (Å²) in [4.78, 5) is 12.0. The molecule has 0 saturated heterocycles. The second-order valence-electron chi connectivity index (χ2n) is 10.6. The van der Waals surface area contributed by atoms with Gasteiger partial charge in [-0.15, -0.1) is 12.6 Å². The molecule has 0 fully saturated rings. The topological polar surface area (TPSA) is 82.1 Å². The molecule has 0 aliphatic carbocycles. The van der Waals surface area contributed by atoms with E-state index in [0.29, 0.717) is 12.3 Å². The lowest BCUT2D eigenvalue weighted by Gasteiger charge is -2.26. The number of esters is 1. The maximum Gasteiger partial charge on any atom is 0.472 e. The van der Waals surface area contributed by atoms with Crippen molar-refractivity contribution >= 4 is 27.1 Å². The van der Waals surface area contributed by atoms with E-state index < -0.39 is 31.7 Å². The number of hydrogen-bond acceptors (Lipinski definition) is 7. The van der Waals surface area contributed by atoms with Crippen LogP contribution in [0, 0.1) is 5.92 Å². The van der Waals surface area contributed by atoms with Crippen LogP contribution >= 0.6 is 21.1 Å². The molecule has 0 radical (unpaired) electrons. The molecule has 6 nitrogen and oxygen atoms in total. The molecule has 0 aromatic rings. The Kier molecular flexibility index (Phi) is 25.6. The molecular formula is C30H60O6PS+. The summed E-state index contributed by atoms with van der Waals surface area (Å²) in [5.74, 6) is -0.548. The van der Waals surface area contributed by atoms with Gasteiger partial charge in [0, 0.05) is 0 Å². The molecular weight excluding hydrogens is 519 g/mol. The fourth-order valence-electron chi connectivity index (χ4n) is 4.77. The van der Waals surface area contributed by atoms with Gasteiger partial charge >= 0.3 is 20.0 Å². The van der Waals surface area contributed by atoms with Gasteiger partial charge in [-0.3, -0.25) is 4.74 Å². The second kappa shape index (κ2) is 25.7. The Morgan fingerprint density at radius 1 is 0.789 bits per heavy atom. The van der Waals surface area contributed by atoms with E-state index >= 15 is 0 Å². The standard InChI is InChI=1S/C30H59O6PS/c1-5-9-11-13-14-15-16-17-18-20-22-24-26(23-21-19-12-10-6-2)25-28(38)35-27(7-3)36-30(32,37-33)29(31)34-8-4/h26-28,32,38H,5-25H2,1-4H3/p+1. The first kappa shape index (κ1) is 37.8. The van der Waals surface area contributed by atoms with E-state index in [4.69, 9.17) is 14.2 Å². The molecule has 5 atom stereocenters. The van der Waals surface area contributed by atoms with Crippen molar-refractivity contribution in [2.24, 2.45) is 5.92 Å². The Balaban J connectivity index is 4.59. The summed E-state index contributed by atoms with van der Waals surface area (Å²) in [7, 11) is -1.42. The predicted octanol–water partition coefficient (Wildman–Crippen LogP) is 9.31. The van der Waals surface area contributed by atoms with Gasteiger partial charge in [-0.2, -0.15) is 0 Å². The van der Waals surface area contributed by atoms with Gasteiger partial charge in [-0.05, 0) is 25.7 Å². The van der Waals surface area contributed by atoms with Crippen molar-refractivity contribution in [2.75, 3.05) is 6.61 Å². The largest absolute Gasteiger partial charge is 0.472 e. The molecule has 0 bridgehead atoms. The highest BCUT2D eigenvalue weighted by atomic mass is 32.1. The number of aliphatic hydroxyl groups is 1. The van der Waals surface area contributed by atoms with Crippen LogP contribution in [-0.4, -0.2) is 34.9 Å². The summed E-state index contributed by atoms with van der Waals surface area (Å²) in [6.45, 7) is 7.99. The Morgan fingerprint density at radius 3 is 1.63 bits per heavy atom. The van der Waals surface area contributed by atoms with Crippen LogP contribution in [0.15, 0.2) is 0 Å². The number of rotatable bonds is 28. The van der Waals surface area contributed by atoms with Crippen molar-refractivity contribution < 1.29 is 28.7 Å². The summed E-state index contributed by atoms with van der Waals surface area (Å²) in [6.07, 6.45) is 23.6. The lowest BCUT2D eigenvalue weighted by atomic mass is 9.91. The van der Waals surface area contributed by atoms with Gasteiger partial charge in [0.1, 0.15) is 5.44 Å². The summed E-state index contributed by atoms with van der Waals surface area (Å²) in [6, 6.07) is 0. The average molecular weight is 580 g/mol. The summed E-state index contributed by atoms with van der Waals surface area (Å²) in [5.41, 5.74) is -2.91. The first-order chi connectivity index (χ1) is 18.4. The van der Waals surface area contributed by atoms with Crippen LogP contribution in [0.3, 0.4) is 0 Å². The Hall–Kier alpha value is -0.200. The third-order valence-corrected chi connectivity index (χ3v) is 8.03. The van der Waals surface area contributed by atoms with Gasteiger partial charge in [0.15, 0.2) is 6.29 Å². The predicted molar refractivity (Wildman–Crippen MR) is 162 cm³/mol. The lowest BCUT2D eigenvalue weighted by molar-refractivity contribution is -0.258. The smallest absolute Gasteiger partial charge is 0.458 e. The minimum Gasteiger partial charge on any atom is -0.458 e. The van der Waals surface area contributed by atoms with Crippen LogP contribution in [-0.2, 0) is 23.6 Å². The molecule has 0 heterocycles. The van der Waals surface area contributed by atoms with Crippen LogP contribution in [0.5, 0.6) is 0 Å². The van der Waals surface area contributed by atoms with Crippen molar-refractivity contribution in [3.63, 3.8) is 0 Å². The first-order valence-electron chi connectivity index (χ1n) is 15.7. The zero-order valence-electron chi connectivity index (χ0n) is 25.0. The van der Waals surface area contributed by atoms with E-state index in [2.05, 4.69) is 26.5 Å². The molecule has 0 amide bonds. The molecule has 0 aromatic heterocycles. The van der Waals surface area contributed by atoms with E-state index in [9.17, 15) is 14.5 Å². The Labute approximate surface area is 241 Å². The van der Waals surface area contributed by atoms with E-state index in [1.54, 1.807) is 6.92 Å². The van der Waals surface area contributed by atoms with Crippen LogP contribution < -0.4 is 0 Å². The zero-order valence-corrected chi connectivity index (χ0v) is 26.9. The van der Waals surface area contributed by atoms with Crippen molar-refractivity contribution in [1.82, 2.24) is 0 Å². The summed E-state index contributed by atoms with van der Waals surface area (Å²) >= 11 is 4.67. The maximum atomic E-state index is 12.0. The number of unbranched alkanes of at least 4 members (excludes halogenated alkanes) is 14. The first-order valence-corrected chi connectivity index (χ1v) is 17.1. The van der Waals surface area contributed by atoms with Crippen molar-refractivity contribution in [1.29, 1.82) is 0 Å². The number of carbonyl (C=O) groups is 1. The van der Waals surface area contributed by atoms with Crippen molar-refractivity contribution in [3.8, 4) is 0 Å². The third kappa shape index (κ3) is 19.8. The molecule has 0 spiro atoms. The van der Waals surface area contributed by atoms with E-state index in [1.807, 2.05) is 6.92 Å². The molecule has 1 N–H and O–H groups in total. The highest BCUT2D eigenvalue weighted by molar-refractivity contribution is 7.80.